The van der Waals surface area contributed by atoms with E-state index < -0.39 is 93.1 Å². The van der Waals surface area contributed by atoms with Crippen LogP contribution in [-0.4, -0.2) is 0 Å². The predicted octanol–water partition coefficient (Wildman–Crippen LogP) is 28.7. The molecule has 16 heteroatoms. The first-order chi connectivity index (χ1) is 49.0. The van der Waals surface area contributed by atoms with Crippen molar-refractivity contribution in [3.05, 3.63) is 237 Å². The predicted molar refractivity (Wildman–Crippen MR) is 375 cm³/mol. The van der Waals surface area contributed by atoms with Crippen molar-refractivity contribution in [2.45, 2.75) is 218 Å². The summed E-state index contributed by atoms with van der Waals surface area (Å²) in [7, 11) is 0. The van der Waals surface area contributed by atoms with Gasteiger partial charge in [0.1, 0.15) is 23.3 Å². The monoisotopic (exact) mass is 1430 g/mol. The van der Waals surface area contributed by atoms with Crippen molar-refractivity contribution in [2.75, 3.05) is 0 Å². The van der Waals surface area contributed by atoms with Crippen molar-refractivity contribution in [1.29, 1.82) is 0 Å². The maximum atomic E-state index is 14.6. The van der Waals surface area contributed by atoms with Gasteiger partial charge >= 0.3 is 0 Å². The summed E-state index contributed by atoms with van der Waals surface area (Å²) in [6.45, 7) is 8.81. The fourth-order valence-corrected chi connectivity index (χ4v) is 15.8. The second-order valence-corrected chi connectivity index (χ2v) is 28.7. The van der Waals surface area contributed by atoms with E-state index in [2.05, 4.69) is 27.7 Å². The van der Waals surface area contributed by atoms with Crippen LogP contribution in [0.25, 0.3) is 44.5 Å². The Morgan fingerprint density at radius 2 is 0.451 bits per heavy atom. The minimum atomic E-state index is -1.54. The van der Waals surface area contributed by atoms with Gasteiger partial charge in [0.15, 0.2) is 69.8 Å². The SMILES string of the molecule is CCC1CCC(c2ccc(-c3cc(F)c(F)c(F)c3)c(F)c2)CC1.CCCC1CCC(c2ccc(-c3cc(F)c(F)c(F)c3)c(F)c2)CC1.CCCCC1CCC(c2ccc(-c3cc(F)c(F)c(F)c3)c(F)c2)CC1.CCCCCC1CCC(c2ccc(-c3cc(F)c(F)c(F)c3)c(F)c2)CC1. The Morgan fingerprint density at radius 1 is 0.225 bits per heavy atom. The van der Waals surface area contributed by atoms with Crippen LogP contribution >= 0.6 is 0 Å². The maximum Gasteiger partial charge on any atom is 0.194 e. The standard InChI is InChI=1S/C23H26F4.C22H24F4.C21H22F4.C20H20F4/c1-2-3-4-5-15-6-8-16(9-7-15)17-10-11-19(20(24)12-17)18-13-21(25)23(27)22(26)14-18;1-2-3-4-14-5-7-15(8-6-14)16-9-10-18(19(23)11-16)17-12-20(24)22(26)21(25)13-17;1-2-3-13-4-6-14(7-5-13)15-8-9-17(18(22)10-15)16-11-19(23)21(25)20(24)12-16;1-2-12-3-5-13(6-4-12)14-7-8-16(17(21)9-14)15-10-18(22)20(24)19(23)11-15/h10-16H,2-9H2,1H3;9-15H,2-8H2,1H3;8-14H,2-7H2,1H3;7-13H,2-6H2,1H3. The molecule has 0 saturated heterocycles. The van der Waals surface area contributed by atoms with Gasteiger partial charge in [-0.05, 0) is 267 Å². The average molecular weight is 1430 g/mol. The first-order valence-corrected chi connectivity index (χ1v) is 36.7. The number of unbranched alkanes of at least 4 members (excludes halogenated alkanes) is 3. The summed E-state index contributed by atoms with van der Waals surface area (Å²) in [6, 6.07) is 25.9. The van der Waals surface area contributed by atoms with Crippen molar-refractivity contribution >= 4 is 0 Å². The van der Waals surface area contributed by atoms with Crippen molar-refractivity contribution in [3.8, 4) is 44.5 Å². The van der Waals surface area contributed by atoms with Gasteiger partial charge < -0.3 is 0 Å². The topological polar surface area (TPSA) is 0 Å². The Kier molecular flexibility index (Phi) is 28.9. The van der Waals surface area contributed by atoms with E-state index in [0.717, 1.165) is 172 Å². The molecule has 0 unspecified atom stereocenters. The summed E-state index contributed by atoms with van der Waals surface area (Å²) in [5, 5.41) is 0. The molecule has 102 heavy (non-hydrogen) atoms. The summed E-state index contributed by atoms with van der Waals surface area (Å²) >= 11 is 0. The van der Waals surface area contributed by atoms with Crippen LogP contribution in [0.5, 0.6) is 0 Å². The van der Waals surface area contributed by atoms with Crippen molar-refractivity contribution < 1.29 is 70.2 Å². The van der Waals surface area contributed by atoms with Gasteiger partial charge in [-0.15, -0.1) is 0 Å². The third-order valence-corrected chi connectivity index (χ3v) is 21.9. The Bertz CT molecular complexity index is 3960. The van der Waals surface area contributed by atoms with Gasteiger partial charge in [0.25, 0.3) is 0 Å². The minimum absolute atomic E-state index is 0.00476. The van der Waals surface area contributed by atoms with Crippen molar-refractivity contribution in [2.24, 2.45) is 23.7 Å². The lowest BCUT2D eigenvalue weighted by atomic mass is 9.77. The van der Waals surface area contributed by atoms with E-state index in [4.69, 9.17) is 0 Å². The molecule has 4 saturated carbocycles. The Labute approximate surface area is 590 Å². The molecule has 0 aromatic heterocycles. The molecule has 4 fully saturated rings. The van der Waals surface area contributed by atoms with Crippen LogP contribution in [-0.2, 0) is 0 Å². The van der Waals surface area contributed by atoms with E-state index in [1.165, 1.54) is 126 Å². The highest BCUT2D eigenvalue weighted by Crippen LogP contribution is 2.44. The Hall–Kier alpha value is -7.36. The zero-order valence-corrected chi connectivity index (χ0v) is 58.6. The van der Waals surface area contributed by atoms with Gasteiger partial charge in [0.2, 0.25) is 0 Å². The second kappa shape index (κ2) is 37.4. The van der Waals surface area contributed by atoms with Crippen LogP contribution in [0.4, 0.5) is 70.2 Å². The molecule has 0 nitrogen and oxygen atoms in total. The van der Waals surface area contributed by atoms with E-state index in [-0.39, 0.29) is 44.5 Å². The van der Waals surface area contributed by atoms with Crippen molar-refractivity contribution in [1.82, 2.24) is 0 Å². The van der Waals surface area contributed by atoms with E-state index in [9.17, 15) is 70.2 Å². The highest BCUT2D eigenvalue weighted by molar-refractivity contribution is 5.68. The average Bonchev–Trinajstić information content (AvgIpc) is 0.819. The van der Waals surface area contributed by atoms with Gasteiger partial charge in [-0.25, -0.2) is 70.2 Å². The van der Waals surface area contributed by atoms with Crippen LogP contribution in [0.3, 0.4) is 0 Å². The molecule has 0 N–H and O–H groups in total. The second-order valence-electron chi connectivity index (χ2n) is 28.7. The van der Waals surface area contributed by atoms with Gasteiger partial charge in [-0.2, -0.15) is 0 Å². The number of hydrogen-bond acceptors (Lipinski definition) is 0. The number of rotatable bonds is 18. The third-order valence-electron chi connectivity index (χ3n) is 21.9. The molecular formula is C86H92F16. The van der Waals surface area contributed by atoms with E-state index in [1.807, 2.05) is 24.3 Å². The van der Waals surface area contributed by atoms with Gasteiger partial charge in [-0.3, -0.25) is 0 Å². The van der Waals surface area contributed by atoms with Gasteiger partial charge in [0, 0.05) is 22.3 Å². The van der Waals surface area contributed by atoms with E-state index in [1.54, 1.807) is 12.1 Å². The molecule has 0 amide bonds. The first-order valence-electron chi connectivity index (χ1n) is 36.7. The molecule has 4 aliphatic carbocycles. The Morgan fingerprint density at radius 3 is 0.667 bits per heavy atom. The number of benzene rings is 8. The molecule has 0 aliphatic heterocycles. The van der Waals surface area contributed by atoms with E-state index in [0.29, 0.717) is 23.7 Å². The fraction of sp³-hybridized carbons (Fsp3) is 0.442. The van der Waals surface area contributed by atoms with Crippen LogP contribution < -0.4 is 0 Å². The largest absolute Gasteiger partial charge is 0.206 e. The van der Waals surface area contributed by atoms with Crippen LogP contribution in [0, 0.1) is 117 Å². The molecule has 8 aromatic carbocycles. The van der Waals surface area contributed by atoms with Crippen molar-refractivity contribution in [3.63, 3.8) is 0 Å². The molecule has 0 bridgehead atoms. The van der Waals surface area contributed by atoms with Gasteiger partial charge in [-0.1, -0.05) is 140 Å². The molecule has 8 aromatic rings. The number of hydrogen-bond donors (Lipinski definition) is 0. The highest BCUT2D eigenvalue weighted by atomic mass is 19.2. The Balaban J connectivity index is 0.000000158. The van der Waals surface area contributed by atoms with Crippen LogP contribution in [0.2, 0.25) is 0 Å². The van der Waals surface area contributed by atoms with Crippen LogP contribution in [0.15, 0.2) is 121 Å². The molecule has 0 radical (unpaired) electrons. The molecule has 0 spiro atoms. The summed E-state index contributed by atoms with van der Waals surface area (Å²) in [6.07, 6.45) is 30.2. The van der Waals surface area contributed by atoms with Crippen LogP contribution in [0.1, 0.15) is 241 Å². The summed E-state index contributed by atoms with van der Waals surface area (Å²) in [5.74, 6) is -14.3. The molecule has 4 aliphatic rings. The zero-order chi connectivity index (χ0) is 73.3. The molecule has 0 heterocycles. The lowest BCUT2D eigenvalue weighted by Crippen LogP contribution is -2.13. The lowest BCUT2D eigenvalue weighted by molar-refractivity contribution is 0.302. The molecule has 12 rings (SSSR count). The van der Waals surface area contributed by atoms with E-state index >= 15 is 0 Å². The maximum absolute atomic E-state index is 14.6. The minimum Gasteiger partial charge on any atom is -0.206 e. The summed E-state index contributed by atoms with van der Waals surface area (Å²) < 4.78 is 218. The molecule has 548 valence electrons. The zero-order valence-electron chi connectivity index (χ0n) is 58.6. The third kappa shape index (κ3) is 20.5. The highest BCUT2D eigenvalue weighted by Gasteiger charge is 2.29. The smallest absolute Gasteiger partial charge is 0.194 e. The summed E-state index contributed by atoms with van der Waals surface area (Å²) in [4.78, 5) is 0. The molecular weight excluding hydrogens is 1340 g/mol. The first kappa shape index (κ1) is 78.8. The number of halogens is 16. The lowest BCUT2D eigenvalue weighted by Gasteiger charge is -2.29. The van der Waals surface area contributed by atoms with Gasteiger partial charge in [0.05, 0.1) is 0 Å². The summed E-state index contributed by atoms with van der Waals surface area (Å²) in [5.41, 5.74) is 4.09. The normalized spacial score (nSPS) is 20.5. The fourth-order valence-electron chi connectivity index (χ4n) is 15.8. The quantitative estimate of drug-likeness (QED) is 0.0456. The molecule has 0 atom stereocenters.